The Morgan fingerprint density at radius 1 is 1.14 bits per heavy atom. The Morgan fingerprint density at radius 3 is 2.51 bits per heavy atom. The van der Waals surface area contributed by atoms with Crippen molar-refractivity contribution in [3.63, 3.8) is 0 Å². The maximum atomic E-state index is 12.9. The van der Waals surface area contributed by atoms with Gasteiger partial charge in [0.1, 0.15) is 17.3 Å². The number of unbranched alkanes of at least 4 members (excludes halogenated alkanes) is 1. The maximum Gasteiger partial charge on any atom is 0.232 e. The van der Waals surface area contributed by atoms with Crippen LogP contribution >= 0.6 is 27.5 Å². The summed E-state index contributed by atoms with van der Waals surface area (Å²) in [5, 5.41) is 12.2. The number of hydrogen-bond donors (Lipinski definition) is 2. The zero-order valence-electron chi connectivity index (χ0n) is 19.2. The van der Waals surface area contributed by atoms with Crippen LogP contribution in [0.2, 0.25) is 5.28 Å². The lowest BCUT2D eigenvalue weighted by Gasteiger charge is -2.26. The normalized spacial score (nSPS) is 11.2. The van der Waals surface area contributed by atoms with Crippen LogP contribution in [0.3, 0.4) is 0 Å². The van der Waals surface area contributed by atoms with E-state index < -0.39 is 10.0 Å². The van der Waals surface area contributed by atoms with E-state index in [1.165, 1.54) is 10.5 Å². The summed E-state index contributed by atoms with van der Waals surface area (Å²) in [6.45, 7) is 0.548. The summed E-state index contributed by atoms with van der Waals surface area (Å²) in [4.78, 5) is 8.11. The van der Waals surface area contributed by atoms with Crippen LogP contribution in [0.5, 0.6) is 11.5 Å². The van der Waals surface area contributed by atoms with Crippen LogP contribution in [0, 0.1) is 0 Å². The molecule has 0 aliphatic carbocycles. The van der Waals surface area contributed by atoms with Gasteiger partial charge in [0.05, 0.1) is 42.4 Å². The van der Waals surface area contributed by atoms with E-state index in [9.17, 15) is 8.42 Å². The number of benzene rings is 2. The van der Waals surface area contributed by atoms with E-state index in [0.29, 0.717) is 52.6 Å². The number of rotatable bonds is 12. The largest absolute Gasteiger partial charge is 0.497 e. The standard InChI is InChI=1S/C23H26BrClN4O5S/c1-33-17-7-5-16(6-8-17)15-29(35(2,31)32)21-13-18(34-12-4-3-11-30)9-10-20(21)27-22-19(24)14-26-23(25)28-22/h5-10,13-14,30H,3-4,11-12,15H2,1-2H3,(H,26,27,28). The van der Waals surface area contributed by atoms with E-state index in [2.05, 4.69) is 31.2 Å². The summed E-state index contributed by atoms with van der Waals surface area (Å²) >= 11 is 9.35. The van der Waals surface area contributed by atoms with Gasteiger partial charge in [0, 0.05) is 18.9 Å². The van der Waals surface area contributed by atoms with Gasteiger partial charge < -0.3 is 19.9 Å². The minimum absolute atomic E-state index is 0.0410. The Morgan fingerprint density at radius 2 is 1.86 bits per heavy atom. The van der Waals surface area contributed by atoms with Crippen molar-refractivity contribution in [3.05, 3.63) is 64.0 Å². The molecule has 188 valence electrons. The molecule has 0 spiro atoms. The topological polar surface area (TPSA) is 114 Å². The number of anilines is 3. The van der Waals surface area contributed by atoms with Crippen LogP contribution in [0.25, 0.3) is 0 Å². The molecule has 0 amide bonds. The van der Waals surface area contributed by atoms with Crippen molar-refractivity contribution >= 4 is 54.7 Å². The average Bonchev–Trinajstić information content (AvgIpc) is 2.83. The molecule has 0 aliphatic rings. The number of aliphatic hydroxyl groups excluding tert-OH is 1. The monoisotopic (exact) mass is 584 g/mol. The zero-order chi connectivity index (χ0) is 25.4. The fourth-order valence-corrected chi connectivity index (χ4v) is 4.47. The Bertz CT molecular complexity index is 1250. The third-order valence-corrected chi connectivity index (χ3v) is 6.80. The molecule has 0 fully saturated rings. The number of methoxy groups -OCH3 is 1. The molecule has 3 rings (SSSR count). The van der Waals surface area contributed by atoms with Crippen LogP contribution in [0.4, 0.5) is 17.2 Å². The number of hydrogen-bond acceptors (Lipinski definition) is 8. The molecule has 2 aromatic carbocycles. The van der Waals surface area contributed by atoms with Gasteiger partial charge in [0.15, 0.2) is 0 Å². The molecule has 35 heavy (non-hydrogen) atoms. The molecule has 0 bridgehead atoms. The first kappa shape index (κ1) is 27.0. The molecule has 9 nitrogen and oxygen atoms in total. The zero-order valence-corrected chi connectivity index (χ0v) is 22.4. The lowest BCUT2D eigenvalue weighted by Crippen LogP contribution is -2.30. The first-order valence-electron chi connectivity index (χ1n) is 10.6. The first-order chi connectivity index (χ1) is 16.7. The minimum Gasteiger partial charge on any atom is -0.497 e. The SMILES string of the molecule is COc1ccc(CN(c2cc(OCCCCO)ccc2Nc2nc(Cl)ncc2Br)S(C)(=O)=O)cc1. The van der Waals surface area contributed by atoms with Crippen molar-refractivity contribution in [3.8, 4) is 11.5 Å². The van der Waals surface area contributed by atoms with E-state index in [1.807, 2.05) is 0 Å². The highest BCUT2D eigenvalue weighted by Gasteiger charge is 2.23. The maximum absolute atomic E-state index is 12.9. The summed E-state index contributed by atoms with van der Waals surface area (Å²) in [6, 6.07) is 12.3. The van der Waals surface area contributed by atoms with Gasteiger partial charge in [-0.1, -0.05) is 12.1 Å². The van der Waals surface area contributed by atoms with E-state index in [-0.39, 0.29) is 18.4 Å². The lowest BCUT2D eigenvalue weighted by molar-refractivity contribution is 0.253. The summed E-state index contributed by atoms with van der Waals surface area (Å²) in [7, 11) is -2.14. The predicted molar refractivity (Wildman–Crippen MR) is 140 cm³/mol. The van der Waals surface area contributed by atoms with E-state index >= 15 is 0 Å². The van der Waals surface area contributed by atoms with Crippen molar-refractivity contribution < 1.29 is 23.0 Å². The predicted octanol–water partition coefficient (Wildman–Crippen LogP) is 4.76. The Balaban J connectivity index is 2.03. The Labute approximate surface area is 218 Å². The second-order valence-electron chi connectivity index (χ2n) is 7.54. The van der Waals surface area contributed by atoms with Crippen molar-refractivity contribution in [2.45, 2.75) is 19.4 Å². The second-order valence-corrected chi connectivity index (χ2v) is 10.6. The number of sulfonamides is 1. The van der Waals surface area contributed by atoms with Gasteiger partial charge >= 0.3 is 0 Å². The Hall–Kier alpha value is -2.60. The fraction of sp³-hybridized carbons (Fsp3) is 0.304. The summed E-state index contributed by atoms with van der Waals surface area (Å²) in [5.41, 5.74) is 1.61. The molecule has 0 atom stereocenters. The smallest absolute Gasteiger partial charge is 0.232 e. The number of nitrogens with one attached hydrogen (secondary N) is 1. The number of halogens is 2. The van der Waals surface area contributed by atoms with Crippen LogP contribution in [-0.2, 0) is 16.6 Å². The summed E-state index contributed by atoms with van der Waals surface area (Å²) in [5.74, 6) is 1.54. The highest BCUT2D eigenvalue weighted by molar-refractivity contribution is 9.10. The highest BCUT2D eigenvalue weighted by Crippen LogP contribution is 2.36. The molecule has 1 heterocycles. The van der Waals surface area contributed by atoms with Gasteiger partial charge in [-0.05, 0) is 70.2 Å². The van der Waals surface area contributed by atoms with Crippen LogP contribution < -0.4 is 19.1 Å². The first-order valence-corrected chi connectivity index (χ1v) is 13.7. The molecular weight excluding hydrogens is 560 g/mol. The molecular formula is C23H26BrClN4O5S. The summed E-state index contributed by atoms with van der Waals surface area (Å²) < 4.78 is 38.7. The summed E-state index contributed by atoms with van der Waals surface area (Å²) in [6.07, 6.45) is 3.93. The van der Waals surface area contributed by atoms with E-state index in [0.717, 1.165) is 11.8 Å². The molecule has 0 saturated carbocycles. The molecule has 1 aromatic heterocycles. The average molecular weight is 586 g/mol. The van der Waals surface area contributed by atoms with Gasteiger partial charge in [-0.15, -0.1) is 0 Å². The quantitative estimate of drug-likeness (QED) is 0.231. The molecule has 0 unspecified atom stereocenters. The molecule has 0 saturated heterocycles. The van der Waals surface area contributed by atoms with Crippen molar-refractivity contribution in [1.29, 1.82) is 0 Å². The van der Waals surface area contributed by atoms with Gasteiger partial charge in [0.25, 0.3) is 0 Å². The van der Waals surface area contributed by atoms with Crippen molar-refractivity contribution in [2.24, 2.45) is 0 Å². The molecule has 12 heteroatoms. The molecule has 0 aliphatic heterocycles. The minimum atomic E-state index is -3.71. The highest BCUT2D eigenvalue weighted by atomic mass is 79.9. The number of aromatic nitrogens is 2. The molecule has 3 aromatic rings. The van der Waals surface area contributed by atoms with Crippen LogP contribution in [0.15, 0.2) is 53.1 Å². The number of nitrogens with zero attached hydrogens (tertiary/aromatic N) is 3. The lowest BCUT2D eigenvalue weighted by atomic mass is 10.2. The molecule has 0 radical (unpaired) electrons. The van der Waals surface area contributed by atoms with Gasteiger partial charge in [-0.3, -0.25) is 4.31 Å². The van der Waals surface area contributed by atoms with Gasteiger partial charge in [-0.25, -0.2) is 13.4 Å². The van der Waals surface area contributed by atoms with Gasteiger partial charge in [0.2, 0.25) is 15.3 Å². The Kier molecular flexibility index (Phi) is 9.55. The molecule has 2 N–H and O–H groups in total. The van der Waals surface area contributed by atoms with Crippen LogP contribution in [0.1, 0.15) is 18.4 Å². The van der Waals surface area contributed by atoms with Crippen molar-refractivity contribution in [1.82, 2.24) is 9.97 Å². The van der Waals surface area contributed by atoms with Gasteiger partial charge in [-0.2, -0.15) is 4.98 Å². The van der Waals surface area contributed by atoms with E-state index in [1.54, 1.807) is 49.6 Å². The van der Waals surface area contributed by atoms with Crippen LogP contribution in [-0.4, -0.2) is 50.1 Å². The number of ether oxygens (including phenoxy) is 2. The third kappa shape index (κ3) is 7.69. The van der Waals surface area contributed by atoms with E-state index in [4.69, 9.17) is 26.2 Å². The van der Waals surface area contributed by atoms with Crippen molar-refractivity contribution in [2.75, 3.05) is 36.2 Å². The number of aliphatic hydroxyl groups is 1. The third-order valence-electron chi connectivity index (χ3n) is 4.91. The second kappa shape index (κ2) is 12.4. The fourth-order valence-electron chi connectivity index (χ4n) is 3.16.